The van der Waals surface area contributed by atoms with E-state index in [1.165, 1.54) is 0 Å². The van der Waals surface area contributed by atoms with Crippen molar-refractivity contribution in [2.45, 2.75) is 11.0 Å². The number of halogens is 2. The lowest BCUT2D eigenvalue weighted by molar-refractivity contribution is 0.0724. The smallest absolute Gasteiger partial charge is 0.243 e. The molecule has 1 fully saturated rings. The predicted molar refractivity (Wildman–Crippen MR) is 91.3 cm³/mol. The van der Waals surface area contributed by atoms with E-state index < -0.39 is 21.7 Å². The molecule has 134 valence electrons. The molecule has 2 aromatic carbocycles. The summed E-state index contributed by atoms with van der Waals surface area (Å²) in [6, 6.07) is 13.7. The van der Waals surface area contributed by atoms with Gasteiger partial charge in [-0.1, -0.05) is 18.2 Å². The van der Waals surface area contributed by atoms with Crippen molar-refractivity contribution in [2.24, 2.45) is 0 Å². The number of hydrogen-bond donors (Lipinski definition) is 0. The first-order valence-electron chi connectivity index (χ1n) is 7.91. The molecule has 26 heavy (non-hydrogen) atoms. The van der Waals surface area contributed by atoms with Gasteiger partial charge >= 0.3 is 0 Å². The van der Waals surface area contributed by atoms with E-state index in [4.69, 9.17) is 4.74 Å². The number of ether oxygens (including phenoxy) is 1. The summed E-state index contributed by atoms with van der Waals surface area (Å²) in [5.41, 5.74) is 0.788. The molecular formula is C18H14F2N2O3S. The highest BCUT2D eigenvalue weighted by Gasteiger charge is 2.38. The molecule has 0 saturated carbocycles. The van der Waals surface area contributed by atoms with Crippen molar-refractivity contribution in [3.05, 3.63) is 66.2 Å². The summed E-state index contributed by atoms with van der Waals surface area (Å²) in [5.74, 6) is -1.87. The van der Waals surface area contributed by atoms with Crippen molar-refractivity contribution < 1.29 is 21.9 Å². The zero-order valence-corrected chi connectivity index (χ0v) is 14.3. The second-order valence-electron chi connectivity index (χ2n) is 5.98. The fourth-order valence-electron chi connectivity index (χ4n) is 2.74. The van der Waals surface area contributed by atoms with Gasteiger partial charge in [-0.3, -0.25) is 0 Å². The molecule has 0 spiro atoms. The molecule has 1 saturated heterocycles. The number of sulfonamides is 1. The summed E-state index contributed by atoms with van der Waals surface area (Å²) < 4.78 is 58.0. The molecule has 8 heteroatoms. The van der Waals surface area contributed by atoms with Crippen molar-refractivity contribution in [2.75, 3.05) is 13.1 Å². The standard InChI is InChI=1S/C18H14F2N2O3S/c19-15-7-6-14(9-16(15)20)26(23,24)22-10-13(11-22)25-18-8-5-12-3-1-2-4-17(12)21-18/h1-9,13H,10-11H2. The quantitative estimate of drug-likeness (QED) is 0.703. The van der Waals surface area contributed by atoms with Crippen LogP contribution < -0.4 is 4.74 Å². The minimum Gasteiger partial charge on any atom is -0.472 e. The third-order valence-electron chi connectivity index (χ3n) is 4.20. The SMILES string of the molecule is O=S(=O)(c1ccc(F)c(F)c1)N1CC(Oc2ccc3ccccc3n2)C1. The third kappa shape index (κ3) is 3.02. The second kappa shape index (κ2) is 6.30. The summed E-state index contributed by atoms with van der Waals surface area (Å²) in [6.07, 6.45) is -0.344. The van der Waals surface area contributed by atoms with E-state index >= 15 is 0 Å². The topological polar surface area (TPSA) is 59.5 Å². The third-order valence-corrected chi connectivity index (χ3v) is 6.03. The van der Waals surface area contributed by atoms with Crippen LogP contribution in [0.3, 0.4) is 0 Å². The maximum atomic E-state index is 13.3. The van der Waals surface area contributed by atoms with Crippen LogP contribution in [-0.2, 0) is 10.0 Å². The summed E-state index contributed by atoms with van der Waals surface area (Å²) >= 11 is 0. The molecule has 0 atom stereocenters. The first kappa shape index (κ1) is 16.9. The van der Waals surface area contributed by atoms with Gasteiger partial charge in [0.15, 0.2) is 11.6 Å². The van der Waals surface area contributed by atoms with E-state index in [2.05, 4.69) is 4.98 Å². The van der Waals surface area contributed by atoms with Gasteiger partial charge in [-0.25, -0.2) is 22.2 Å². The molecule has 5 nitrogen and oxygen atoms in total. The lowest BCUT2D eigenvalue weighted by atomic mass is 10.2. The van der Waals surface area contributed by atoms with Gasteiger partial charge in [0.05, 0.1) is 23.5 Å². The van der Waals surface area contributed by atoms with Crippen LogP contribution in [0, 0.1) is 11.6 Å². The van der Waals surface area contributed by atoms with Gasteiger partial charge < -0.3 is 4.74 Å². The Kier molecular flexibility index (Phi) is 4.08. The molecule has 4 rings (SSSR count). The van der Waals surface area contributed by atoms with E-state index in [0.717, 1.165) is 27.3 Å². The minimum absolute atomic E-state index is 0.121. The normalized spacial score (nSPS) is 15.8. The molecule has 0 N–H and O–H groups in total. The summed E-state index contributed by atoms with van der Waals surface area (Å²) in [5, 5.41) is 0.982. The van der Waals surface area contributed by atoms with E-state index in [0.29, 0.717) is 11.9 Å². The number of rotatable bonds is 4. The summed E-state index contributed by atoms with van der Waals surface area (Å²) in [6.45, 7) is 0.242. The molecule has 0 aliphatic carbocycles. The molecule has 0 radical (unpaired) electrons. The van der Waals surface area contributed by atoms with Crippen LogP contribution in [0.1, 0.15) is 0 Å². The van der Waals surface area contributed by atoms with Gasteiger partial charge in [-0.2, -0.15) is 4.31 Å². The highest BCUT2D eigenvalue weighted by molar-refractivity contribution is 7.89. The van der Waals surface area contributed by atoms with Crippen molar-refractivity contribution >= 4 is 20.9 Å². The van der Waals surface area contributed by atoms with Crippen LogP contribution in [0.4, 0.5) is 8.78 Å². The van der Waals surface area contributed by atoms with Gasteiger partial charge in [0.25, 0.3) is 0 Å². The van der Waals surface area contributed by atoms with Crippen molar-refractivity contribution in [1.29, 1.82) is 0 Å². The Morgan fingerprint density at radius 3 is 2.54 bits per heavy atom. The Morgan fingerprint density at radius 2 is 1.77 bits per heavy atom. The number of hydrogen-bond acceptors (Lipinski definition) is 4. The number of nitrogens with zero attached hydrogens (tertiary/aromatic N) is 2. The lowest BCUT2D eigenvalue weighted by Crippen LogP contribution is -2.56. The predicted octanol–water partition coefficient (Wildman–Crippen LogP) is 2.96. The molecule has 1 aliphatic heterocycles. The van der Waals surface area contributed by atoms with E-state index in [1.54, 1.807) is 6.07 Å². The summed E-state index contributed by atoms with van der Waals surface area (Å²) in [4.78, 5) is 4.10. The molecule has 1 aromatic heterocycles. The molecule has 2 heterocycles. The first-order valence-corrected chi connectivity index (χ1v) is 9.35. The Morgan fingerprint density at radius 1 is 1.00 bits per heavy atom. The lowest BCUT2D eigenvalue weighted by Gasteiger charge is -2.37. The molecule has 0 unspecified atom stereocenters. The maximum absolute atomic E-state index is 13.3. The van der Waals surface area contributed by atoms with Gasteiger partial charge in [-0.15, -0.1) is 0 Å². The van der Waals surface area contributed by atoms with Crippen LogP contribution in [0.2, 0.25) is 0 Å². The Labute approximate surface area is 148 Å². The number of benzene rings is 2. The number of fused-ring (bicyclic) bond motifs is 1. The number of aromatic nitrogens is 1. The largest absolute Gasteiger partial charge is 0.472 e. The van der Waals surface area contributed by atoms with Crippen LogP contribution in [-0.4, -0.2) is 36.9 Å². The highest BCUT2D eigenvalue weighted by Crippen LogP contribution is 2.26. The second-order valence-corrected chi connectivity index (χ2v) is 7.92. The molecule has 0 amide bonds. The van der Waals surface area contributed by atoms with Crippen LogP contribution in [0.5, 0.6) is 5.88 Å². The minimum atomic E-state index is -3.88. The maximum Gasteiger partial charge on any atom is 0.243 e. The Hall–Kier alpha value is -2.58. The van der Waals surface area contributed by atoms with E-state index in [1.807, 2.05) is 30.3 Å². The van der Waals surface area contributed by atoms with Gasteiger partial charge in [0, 0.05) is 11.5 Å². The number of pyridine rings is 1. The van der Waals surface area contributed by atoms with Gasteiger partial charge in [0.2, 0.25) is 15.9 Å². The van der Waals surface area contributed by atoms with E-state index in [-0.39, 0.29) is 24.1 Å². The first-order chi connectivity index (χ1) is 12.4. The van der Waals surface area contributed by atoms with E-state index in [9.17, 15) is 17.2 Å². The van der Waals surface area contributed by atoms with Crippen LogP contribution >= 0.6 is 0 Å². The zero-order chi connectivity index (χ0) is 18.3. The van der Waals surface area contributed by atoms with Crippen molar-refractivity contribution in [3.8, 4) is 5.88 Å². The zero-order valence-electron chi connectivity index (χ0n) is 13.5. The molecule has 1 aliphatic rings. The average Bonchev–Trinajstić information content (AvgIpc) is 2.59. The van der Waals surface area contributed by atoms with Gasteiger partial charge in [-0.05, 0) is 30.3 Å². The Balaban J connectivity index is 1.44. The molecule has 0 bridgehead atoms. The van der Waals surface area contributed by atoms with Crippen molar-refractivity contribution in [1.82, 2.24) is 9.29 Å². The van der Waals surface area contributed by atoms with Crippen LogP contribution in [0.25, 0.3) is 10.9 Å². The Bertz CT molecular complexity index is 1080. The highest BCUT2D eigenvalue weighted by atomic mass is 32.2. The van der Waals surface area contributed by atoms with Crippen LogP contribution in [0.15, 0.2) is 59.5 Å². The monoisotopic (exact) mass is 376 g/mol. The summed E-state index contributed by atoms with van der Waals surface area (Å²) in [7, 11) is -3.88. The average molecular weight is 376 g/mol. The molecule has 3 aromatic rings. The fraction of sp³-hybridized carbons (Fsp3) is 0.167. The fourth-order valence-corrected chi connectivity index (χ4v) is 4.26. The van der Waals surface area contributed by atoms with Crippen molar-refractivity contribution in [3.63, 3.8) is 0 Å². The van der Waals surface area contributed by atoms with Gasteiger partial charge in [0.1, 0.15) is 6.10 Å². The number of para-hydroxylation sites is 1. The molecular weight excluding hydrogens is 362 g/mol.